The second-order valence-electron chi connectivity index (χ2n) is 12.7. The van der Waals surface area contributed by atoms with Crippen molar-refractivity contribution in [3.05, 3.63) is 164 Å². The predicted molar refractivity (Wildman–Crippen MR) is 208 cm³/mol. The molecule has 0 atom stereocenters. The van der Waals surface area contributed by atoms with E-state index in [1.54, 1.807) is 23.6 Å². The second-order valence-corrected chi connectivity index (χ2v) is 24.4. The summed E-state index contributed by atoms with van der Waals surface area (Å²) in [5.74, 6) is 7.14. The molecule has 3 heterocycles. The van der Waals surface area contributed by atoms with Crippen LogP contribution in [0.5, 0.6) is 0 Å². The molecule has 0 amide bonds. The summed E-state index contributed by atoms with van der Waals surface area (Å²) in [7, 11) is 0. The number of rotatable bonds is 5. The van der Waals surface area contributed by atoms with Gasteiger partial charge >= 0.3 is 99.8 Å². The number of nitrogens with zero attached hydrogens (tertiary/aromatic N) is 2. The molecule has 49 heavy (non-hydrogen) atoms. The minimum Gasteiger partial charge on any atom is 0 e. The van der Waals surface area contributed by atoms with E-state index in [2.05, 4.69) is 82.9 Å². The van der Waals surface area contributed by atoms with Crippen LogP contribution >= 0.6 is 11.3 Å². The number of fused-ring (bicyclic) bond motifs is 3. The molecule has 5 aromatic carbocycles. The molecule has 0 fully saturated rings. The largest absolute Gasteiger partial charge is 0 e. The van der Waals surface area contributed by atoms with Crippen LogP contribution in [0, 0.1) is 19.0 Å². The first kappa shape index (κ1) is 30.8. The smallest absolute Gasteiger partial charge is 0 e. The number of pyridine rings is 2. The van der Waals surface area contributed by atoms with E-state index in [9.17, 15) is 0 Å². The van der Waals surface area contributed by atoms with Crippen LogP contribution in [0.25, 0.3) is 64.9 Å². The van der Waals surface area contributed by atoms with Crippen molar-refractivity contribution in [2.75, 3.05) is 0 Å². The molecule has 2 nitrogen and oxygen atoms in total. The van der Waals surface area contributed by atoms with Crippen LogP contribution in [0.3, 0.4) is 0 Å². The van der Waals surface area contributed by atoms with E-state index >= 15 is 0 Å². The third kappa shape index (κ3) is 7.69. The first-order chi connectivity index (χ1) is 24.6. The number of hydrogen-bond acceptors (Lipinski definition) is 3. The molecular formula is C44H36GeIrN2S-2. The van der Waals surface area contributed by atoms with Gasteiger partial charge in [0.1, 0.15) is 0 Å². The first-order valence-corrected chi connectivity index (χ1v) is 24.1. The zero-order valence-corrected chi connectivity index (χ0v) is 32.8. The van der Waals surface area contributed by atoms with Gasteiger partial charge in [-0.15, -0.1) is 23.8 Å². The summed E-state index contributed by atoms with van der Waals surface area (Å²) in [6.45, 7) is -2.26. The third-order valence-corrected chi connectivity index (χ3v) is 13.8. The van der Waals surface area contributed by atoms with Crippen molar-refractivity contribution in [2.24, 2.45) is 0 Å². The minimum atomic E-state index is -2.26. The van der Waals surface area contributed by atoms with Crippen molar-refractivity contribution in [3.63, 3.8) is 0 Å². The van der Waals surface area contributed by atoms with E-state index in [1.807, 2.05) is 85.1 Å². The summed E-state index contributed by atoms with van der Waals surface area (Å²) in [4.78, 5) is 9.24. The third-order valence-electron chi connectivity index (χ3n) is 8.40. The van der Waals surface area contributed by atoms with Crippen molar-refractivity contribution < 1.29 is 24.2 Å². The predicted octanol–water partition coefficient (Wildman–Crippen LogP) is 11.7. The standard InChI is InChI=1S/C30H20NS.C14H16GeN.Ir/c1-20-17-28(31-19-27(20)22-11-6-3-7-12-22)26-14-8-13-25-24-16-15-23(18-29(24)32-30(25)26)21-9-4-2-5-10-21;1-15(2,3)13-9-10-14(16-11-13)12-7-5-4-6-8-12;/h2-13,15-19H,1H3;4-7,9-11H,1-3H3;/q2*-1;/i1D3;;. The zero-order valence-electron chi connectivity index (χ0n) is 30.5. The molecule has 0 saturated heterocycles. The van der Waals surface area contributed by atoms with Gasteiger partial charge in [0.25, 0.3) is 0 Å². The molecule has 0 aliphatic carbocycles. The Morgan fingerprint density at radius 2 is 1.37 bits per heavy atom. The van der Waals surface area contributed by atoms with Crippen LogP contribution in [0.4, 0.5) is 0 Å². The molecule has 0 aliphatic heterocycles. The SMILES string of the molecule is [2H]C([2H])([2H])c1cc(-c2[c-]ccc3c2sc2cc(-c4ccccc4)ccc23)ncc1-c1ccccc1.[CH3][Ge]([CH3])([CH3])[c]1ccc(-c2[c-]cccc2)nc1.[Ir]. The fourth-order valence-electron chi connectivity index (χ4n) is 5.73. The van der Waals surface area contributed by atoms with Gasteiger partial charge in [-0.3, -0.25) is 0 Å². The van der Waals surface area contributed by atoms with Gasteiger partial charge in [-0.25, -0.2) is 0 Å². The molecule has 0 spiro atoms. The maximum Gasteiger partial charge on any atom is 0 e. The Balaban J connectivity index is 0.000000230. The Labute approximate surface area is 313 Å². The van der Waals surface area contributed by atoms with Gasteiger partial charge < -0.3 is 4.98 Å². The maximum absolute atomic E-state index is 8.18. The van der Waals surface area contributed by atoms with Gasteiger partial charge in [0.05, 0.1) is 0 Å². The fourth-order valence-corrected chi connectivity index (χ4v) is 9.15. The van der Waals surface area contributed by atoms with Crippen molar-refractivity contribution in [1.82, 2.24) is 9.97 Å². The summed E-state index contributed by atoms with van der Waals surface area (Å²) < 4.78 is 28.2. The van der Waals surface area contributed by atoms with Gasteiger partial charge in [0, 0.05) is 40.7 Å². The van der Waals surface area contributed by atoms with Crippen LogP contribution in [0.15, 0.2) is 146 Å². The quantitative estimate of drug-likeness (QED) is 0.127. The average molecular weight is 893 g/mol. The van der Waals surface area contributed by atoms with E-state index < -0.39 is 20.1 Å². The Hall–Kier alpha value is -4.19. The molecule has 8 rings (SSSR count). The maximum atomic E-state index is 8.18. The van der Waals surface area contributed by atoms with E-state index in [1.165, 1.54) is 25.6 Å². The van der Waals surface area contributed by atoms with Gasteiger partial charge in [0.2, 0.25) is 0 Å². The fraction of sp³-hybridized carbons (Fsp3) is 0.0909. The molecule has 3 aromatic heterocycles. The molecule has 0 saturated carbocycles. The molecule has 0 aliphatic rings. The topological polar surface area (TPSA) is 25.8 Å². The van der Waals surface area contributed by atoms with Crippen molar-refractivity contribution >= 4 is 49.2 Å². The van der Waals surface area contributed by atoms with Crippen LogP contribution in [-0.4, -0.2) is 23.2 Å². The van der Waals surface area contributed by atoms with Crippen molar-refractivity contribution in [1.29, 1.82) is 0 Å². The Morgan fingerprint density at radius 1 is 0.633 bits per heavy atom. The van der Waals surface area contributed by atoms with Gasteiger partial charge in [-0.2, -0.15) is 11.3 Å². The second kappa shape index (κ2) is 15.1. The molecule has 5 heteroatoms. The molecule has 0 bridgehead atoms. The van der Waals surface area contributed by atoms with Gasteiger partial charge in [0.15, 0.2) is 0 Å². The van der Waals surface area contributed by atoms with Gasteiger partial charge in [-0.1, -0.05) is 84.2 Å². The summed E-state index contributed by atoms with van der Waals surface area (Å²) in [5, 5.41) is 2.31. The normalized spacial score (nSPS) is 12.3. The monoisotopic (exact) mass is 894 g/mol. The Kier molecular flexibility index (Phi) is 9.53. The molecule has 0 N–H and O–H groups in total. The molecular weight excluding hydrogens is 853 g/mol. The van der Waals surface area contributed by atoms with E-state index in [0.717, 1.165) is 32.5 Å². The number of aromatic nitrogens is 2. The number of thiophene rings is 1. The Bertz CT molecular complexity index is 2430. The van der Waals surface area contributed by atoms with E-state index in [0.29, 0.717) is 16.8 Å². The summed E-state index contributed by atoms with van der Waals surface area (Å²) >= 11 is -0.0219. The molecule has 0 unspecified atom stereocenters. The average Bonchev–Trinajstić information content (AvgIpc) is 3.54. The van der Waals surface area contributed by atoms with E-state index in [4.69, 9.17) is 9.10 Å². The summed E-state index contributed by atoms with van der Waals surface area (Å²) in [5.41, 5.74) is 7.65. The van der Waals surface area contributed by atoms with E-state index in [-0.39, 0.29) is 20.1 Å². The number of benzene rings is 5. The van der Waals surface area contributed by atoms with Gasteiger partial charge in [-0.05, 0) is 51.0 Å². The van der Waals surface area contributed by atoms with Crippen LogP contribution in [0.2, 0.25) is 17.3 Å². The molecule has 8 aromatic rings. The summed E-state index contributed by atoms with van der Waals surface area (Å²) in [6.07, 6.45) is 3.72. The molecule has 1 radical (unpaired) electrons. The van der Waals surface area contributed by atoms with Crippen LogP contribution in [0.1, 0.15) is 9.68 Å². The Morgan fingerprint density at radius 3 is 2.04 bits per heavy atom. The first-order valence-electron chi connectivity index (χ1n) is 17.5. The number of hydrogen-bond donors (Lipinski definition) is 0. The van der Waals surface area contributed by atoms with Crippen molar-refractivity contribution in [3.8, 4) is 44.8 Å². The minimum absolute atomic E-state index is 0. The number of aryl methyl sites for hydroxylation is 1. The molecule has 243 valence electrons. The zero-order chi connectivity index (χ0) is 35.6. The van der Waals surface area contributed by atoms with Crippen LogP contribution in [-0.2, 0) is 20.1 Å². The van der Waals surface area contributed by atoms with Crippen LogP contribution < -0.4 is 4.40 Å². The summed E-state index contributed by atoms with van der Waals surface area (Å²) in [6, 6.07) is 50.9. The van der Waals surface area contributed by atoms with Crippen molar-refractivity contribution in [2.45, 2.75) is 24.1 Å².